The number of fused-ring (bicyclic) bond motifs is 1. The second-order valence-electron chi connectivity index (χ2n) is 3.88. The molecule has 3 aromatic rings. The van der Waals surface area contributed by atoms with Gasteiger partial charge in [0, 0.05) is 12.0 Å². The van der Waals surface area contributed by atoms with Crippen molar-refractivity contribution in [2.75, 3.05) is 5.73 Å². The lowest BCUT2D eigenvalue weighted by Crippen LogP contribution is -1.91. The summed E-state index contributed by atoms with van der Waals surface area (Å²) in [7, 11) is 0. The number of anilines is 1. The first-order valence-corrected chi connectivity index (χ1v) is 5.58. The molecule has 0 aliphatic heterocycles. The highest BCUT2D eigenvalue weighted by atomic mass is 15.5. The van der Waals surface area contributed by atoms with Crippen molar-refractivity contribution < 1.29 is 0 Å². The Morgan fingerprint density at radius 2 is 2.06 bits per heavy atom. The maximum Gasteiger partial charge on any atom is 0.199 e. The average molecular weight is 227 g/mol. The van der Waals surface area contributed by atoms with Gasteiger partial charge in [0.1, 0.15) is 5.69 Å². The third-order valence-electron chi connectivity index (χ3n) is 2.76. The lowest BCUT2D eigenvalue weighted by molar-refractivity contribution is 0.792. The van der Waals surface area contributed by atoms with Gasteiger partial charge in [-0.1, -0.05) is 37.3 Å². The topological polar surface area (TPSA) is 72.0 Å². The van der Waals surface area contributed by atoms with Crippen molar-refractivity contribution in [1.82, 2.24) is 19.8 Å². The van der Waals surface area contributed by atoms with Crippen LogP contribution in [0.5, 0.6) is 0 Å². The van der Waals surface area contributed by atoms with Crippen molar-refractivity contribution in [3.63, 3.8) is 0 Å². The van der Waals surface area contributed by atoms with Gasteiger partial charge in [0.25, 0.3) is 0 Å². The summed E-state index contributed by atoms with van der Waals surface area (Å²) in [5.41, 5.74) is 9.32. The number of aromatic nitrogens is 4. The van der Waals surface area contributed by atoms with Crippen LogP contribution in [0.3, 0.4) is 0 Å². The van der Waals surface area contributed by atoms with Crippen LogP contribution < -0.4 is 5.73 Å². The number of aryl methyl sites for hydroxylation is 1. The Morgan fingerprint density at radius 3 is 2.71 bits per heavy atom. The van der Waals surface area contributed by atoms with Gasteiger partial charge in [-0.25, -0.2) is 4.98 Å². The maximum atomic E-state index is 6.08. The molecule has 0 aliphatic carbocycles. The number of nitrogens with one attached hydrogen (secondary N) is 1. The molecule has 86 valence electrons. The van der Waals surface area contributed by atoms with E-state index < -0.39 is 0 Å². The van der Waals surface area contributed by atoms with E-state index in [0.29, 0.717) is 11.3 Å². The number of nitrogens with two attached hydrogens (primary N) is 1. The molecule has 0 spiro atoms. The third-order valence-corrected chi connectivity index (χ3v) is 2.76. The van der Waals surface area contributed by atoms with Crippen LogP contribution in [-0.2, 0) is 6.42 Å². The van der Waals surface area contributed by atoms with E-state index in [1.54, 1.807) is 4.63 Å². The molecule has 3 N–H and O–H groups in total. The molecule has 0 aliphatic rings. The summed E-state index contributed by atoms with van der Waals surface area (Å²) < 4.78 is 1.64. The molecule has 0 saturated carbocycles. The van der Waals surface area contributed by atoms with Gasteiger partial charge in [0.2, 0.25) is 0 Å². The number of hydrogen-bond donors (Lipinski definition) is 2. The molecule has 1 aromatic carbocycles. The molecule has 0 unspecified atom stereocenters. The largest absolute Gasteiger partial charge is 0.394 e. The molecule has 0 atom stereocenters. The maximum absolute atomic E-state index is 6.08. The van der Waals surface area contributed by atoms with Gasteiger partial charge in [-0.3, -0.25) is 5.10 Å². The van der Waals surface area contributed by atoms with Gasteiger partial charge in [0.15, 0.2) is 11.5 Å². The molecule has 0 saturated heterocycles. The fourth-order valence-corrected chi connectivity index (χ4v) is 1.86. The Bertz CT molecular complexity index is 650. The van der Waals surface area contributed by atoms with E-state index in [4.69, 9.17) is 5.73 Å². The fraction of sp³-hybridized carbons (Fsp3) is 0.167. The fourth-order valence-electron chi connectivity index (χ4n) is 1.86. The molecule has 2 aromatic heterocycles. The summed E-state index contributed by atoms with van der Waals surface area (Å²) in [6.07, 6.45) is 0.801. The highest BCUT2D eigenvalue weighted by molar-refractivity contribution is 5.82. The third kappa shape index (κ3) is 1.47. The summed E-state index contributed by atoms with van der Waals surface area (Å²) in [5, 5.41) is 7.46. The van der Waals surface area contributed by atoms with E-state index in [9.17, 15) is 0 Å². The zero-order chi connectivity index (χ0) is 11.8. The molecule has 0 amide bonds. The van der Waals surface area contributed by atoms with Crippen molar-refractivity contribution in [3.05, 3.63) is 36.2 Å². The predicted octanol–water partition coefficient (Wildman–Crippen LogP) is 1.87. The van der Waals surface area contributed by atoms with Crippen LogP contribution in [0.4, 0.5) is 5.69 Å². The number of benzene rings is 1. The first kappa shape index (κ1) is 9.89. The smallest absolute Gasteiger partial charge is 0.199 e. The quantitative estimate of drug-likeness (QED) is 0.702. The number of aromatic amines is 1. The minimum absolute atomic E-state index is 0.642. The Hall–Kier alpha value is -2.30. The van der Waals surface area contributed by atoms with Crippen molar-refractivity contribution in [2.45, 2.75) is 13.3 Å². The molecule has 2 heterocycles. The van der Waals surface area contributed by atoms with E-state index in [2.05, 4.69) is 15.2 Å². The molecule has 0 fully saturated rings. The van der Waals surface area contributed by atoms with Crippen LogP contribution in [-0.4, -0.2) is 19.8 Å². The van der Waals surface area contributed by atoms with Gasteiger partial charge in [-0.15, -0.1) is 5.10 Å². The van der Waals surface area contributed by atoms with E-state index in [0.717, 1.165) is 23.5 Å². The Balaban J connectivity index is 2.19. The minimum atomic E-state index is 0.642. The van der Waals surface area contributed by atoms with Crippen LogP contribution in [0.25, 0.3) is 16.9 Å². The van der Waals surface area contributed by atoms with Gasteiger partial charge < -0.3 is 5.73 Å². The predicted molar refractivity (Wildman–Crippen MR) is 66.6 cm³/mol. The van der Waals surface area contributed by atoms with E-state index in [1.807, 2.05) is 37.3 Å². The van der Waals surface area contributed by atoms with Gasteiger partial charge >= 0.3 is 0 Å². The van der Waals surface area contributed by atoms with Crippen molar-refractivity contribution in [3.8, 4) is 11.3 Å². The normalized spacial score (nSPS) is 11.1. The Labute approximate surface area is 98.3 Å². The summed E-state index contributed by atoms with van der Waals surface area (Å²) >= 11 is 0. The molecule has 0 radical (unpaired) electrons. The van der Waals surface area contributed by atoms with E-state index in [1.165, 1.54) is 0 Å². The highest BCUT2D eigenvalue weighted by Crippen LogP contribution is 2.26. The van der Waals surface area contributed by atoms with Crippen LogP contribution >= 0.6 is 0 Å². The molecule has 17 heavy (non-hydrogen) atoms. The monoisotopic (exact) mass is 227 g/mol. The number of rotatable bonds is 2. The zero-order valence-corrected chi connectivity index (χ0v) is 9.51. The first-order chi connectivity index (χ1) is 8.29. The van der Waals surface area contributed by atoms with Crippen molar-refractivity contribution in [1.29, 1.82) is 0 Å². The zero-order valence-electron chi connectivity index (χ0n) is 9.51. The van der Waals surface area contributed by atoms with Crippen molar-refractivity contribution in [2.24, 2.45) is 0 Å². The van der Waals surface area contributed by atoms with Gasteiger partial charge in [-0.2, -0.15) is 4.63 Å². The molecule has 0 bridgehead atoms. The van der Waals surface area contributed by atoms with E-state index in [-0.39, 0.29) is 0 Å². The highest BCUT2D eigenvalue weighted by Gasteiger charge is 2.13. The second kappa shape index (κ2) is 3.62. The summed E-state index contributed by atoms with van der Waals surface area (Å²) in [6, 6.07) is 9.93. The number of hydrogen-bond acceptors (Lipinski definition) is 3. The van der Waals surface area contributed by atoms with Crippen LogP contribution in [0.2, 0.25) is 0 Å². The van der Waals surface area contributed by atoms with Crippen molar-refractivity contribution >= 4 is 11.3 Å². The van der Waals surface area contributed by atoms with Gasteiger partial charge in [0.05, 0.1) is 5.69 Å². The Morgan fingerprint density at radius 1 is 1.29 bits per heavy atom. The Kier molecular flexibility index (Phi) is 2.11. The van der Waals surface area contributed by atoms with Gasteiger partial charge in [-0.05, 0) is 0 Å². The lowest BCUT2D eigenvalue weighted by Gasteiger charge is -1.97. The molecule has 3 rings (SSSR count). The average Bonchev–Trinajstić information content (AvgIpc) is 2.90. The minimum Gasteiger partial charge on any atom is -0.394 e. The second-order valence-corrected chi connectivity index (χ2v) is 3.88. The lowest BCUT2D eigenvalue weighted by atomic mass is 10.1. The molecular weight excluding hydrogens is 214 g/mol. The number of nitrogen functional groups attached to an aromatic ring is 1. The van der Waals surface area contributed by atoms with Crippen LogP contribution in [0, 0.1) is 0 Å². The summed E-state index contributed by atoms with van der Waals surface area (Å²) in [5.74, 6) is 0.794. The number of H-pyrrole nitrogens is 1. The number of nitrogens with zero attached hydrogens (tertiary/aromatic N) is 3. The standard InChI is InChI=1S/C12H13N5/c1-2-9-14-12-10(13)11(16-17(12)15-9)8-6-4-3-5-7-8/h3-7,16H,2,13H2,1H3. The van der Waals surface area contributed by atoms with Crippen LogP contribution in [0.1, 0.15) is 12.7 Å². The SMILES string of the molecule is CCc1nc2c(N)c(-c3ccccc3)[nH]n2n1. The molecule has 5 nitrogen and oxygen atoms in total. The summed E-state index contributed by atoms with van der Waals surface area (Å²) in [4.78, 5) is 4.37. The van der Waals surface area contributed by atoms with Crippen LogP contribution in [0.15, 0.2) is 30.3 Å². The van der Waals surface area contributed by atoms with E-state index >= 15 is 0 Å². The molecular formula is C12H13N5. The first-order valence-electron chi connectivity index (χ1n) is 5.58. The summed E-state index contributed by atoms with van der Waals surface area (Å²) in [6.45, 7) is 2.02. The molecule has 5 heteroatoms.